The minimum absolute atomic E-state index is 0.172. The highest BCUT2D eigenvalue weighted by molar-refractivity contribution is 5.86. The zero-order chi connectivity index (χ0) is 14.5. The maximum atomic E-state index is 11.6. The molecule has 0 saturated carbocycles. The number of methoxy groups -OCH3 is 1. The van der Waals surface area contributed by atoms with Crippen LogP contribution in [0.3, 0.4) is 0 Å². The monoisotopic (exact) mass is 265 g/mol. The van der Waals surface area contributed by atoms with Crippen molar-refractivity contribution in [1.29, 1.82) is 0 Å². The van der Waals surface area contributed by atoms with Crippen LogP contribution in [-0.2, 0) is 9.59 Å². The van der Waals surface area contributed by atoms with E-state index in [0.717, 1.165) is 0 Å². The van der Waals surface area contributed by atoms with Crippen LogP contribution in [0.15, 0.2) is 24.3 Å². The largest absolute Gasteiger partial charge is 0.493 e. The summed E-state index contributed by atoms with van der Waals surface area (Å²) in [6.45, 7) is 5.14. The third-order valence-electron chi connectivity index (χ3n) is 2.37. The molecule has 0 spiro atoms. The Kier molecular flexibility index (Phi) is 4.92. The standard InChI is InChI=1S/C14H19NO4/c1-14(2,3)13(17)15-9-12(16)19-11-8-6-5-7-10(11)18-4/h5-8H,9H2,1-4H3,(H,15,17). The molecule has 0 atom stereocenters. The van der Waals surface area contributed by atoms with Crippen LogP contribution in [0, 0.1) is 5.41 Å². The van der Waals surface area contributed by atoms with Gasteiger partial charge in [0, 0.05) is 5.41 Å². The lowest BCUT2D eigenvalue weighted by Crippen LogP contribution is -2.39. The van der Waals surface area contributed by atoms with Crippen LogP contribution in [0.5, 0.6) is 11.5 Å². The van der Waals surface area contributed by atoms with Crippen molar-refractivity contribution in [3.05, 3.63) is 24.3 Å². The van der Waals surface area contributed by atoms with E-state index in [0.29, 0.717) is 11.5 Å². The molecule has 0 fully saturated rings. The van der Waals surface area contributed by atoms with Gasteiger partial charge in [0.1, 0.15) is 6.54 Å². The lowest BCUT2D eigenvalue weighted by atomic mass is 9.96. The summed E-state index contributed by atoms with van der Waals surface area (Å²) in [4.78, 5) is 23.2. The third-order valence-corrected chi connectivity index (χ3v) is 2.37. The number of nitrogens with one attached hydrogen (secondary N) is 1. The highest BCUT2D eigenvalue weighted by Gasteiger charge is 2.21. The van der Waals surface area contributed by atoms with Gasteiger partial charge in [-0.15, -0.1) is 0 Å². The Morgan fingerprint density at radius 1 is 1.16 bits per heavy atom. The Labute approximate surface area is 112 Å². The van der Waals surface area contributed by atoms with E-state index < -0.39 is 11.4 Å². The highest BCUT2D eigenvalue weighted by Crippen LogP contribution is 2.25. The molecule has 0 radical (unpaired) electrons. The van der Waals surface area contributed by atoms with Crippen LogP contribution in [0.25, 0.3) is 0 Å². The Morgan fingerprint density at radius 2 is 1.74 bits per heavy atom. The second kappa shape index (κ2) is 6.22. The van der Waals surface area contributed by atoms with Gasteiger partial charge in [0.25, 0.3) is 0 Å². The van der Waals surface area contributed by atoms with Crippen molar-refractivity contribution >= 4 is 11.9 Å². The molecule has 1 amide bonds. The fraction of sp³-hybridized carbons (Fsp3) is 0.429. The number of carbonyl (C=O) groups is 2. The molecule has 0 saturated heterocycles. The van der Waals surface area contributed by atoms with Crippen LogP contribution >= 0.6 is 0 Å². The van der Waals surface area contributed by atoms with Crippen molar-refractivity contribution in [3.63, 3.8) is 0 Å². The molecule has 19 heavy (non-hydrogen) atoms. The molecule has 1 N–H and O–H groups in total. The molecule has 0 heterocycles. The first-order valence-corrected chi connectivity index (χ1v) is 5.96. The average Bonchev–Trinajstić information content (AvgIpc) is 2.35. The lowest BCUT2D eigenvalue weighted by Gasteiger charge is -2.17. The van der Waals surface area contributed by atoms with Crippen LogP contribution < -0.4 is 14.8 Å². The van der Waals surface area contributed by atoms with E-state index in [1.54, 1.807) is 45.0 Å². The molecule has 1 aromatic rings. The van der Waals surface area contributed by atoms with Gasteiger partial charge in [-0.25, -0.2) is 4.79 Å². The second-order valence-corrected chi connectivity index (χ2v) is 5.06. The molecular formula is C14H19NO4. The summed E-state index contributed by atoms with van der Waals surface area (Å²) in [5, 5.41) is 2.53. The summed E-state index contributed by atoms with van der Waals surface area (Å²) in [7, 11) is 1.49. The Hall–Kier alpha value is -2.04. The maximum absolute atomic E-state index is 11.6. The van der Waals surface area contributed by atoms with Gasteiger partial charge in [0.05, 0.1) is 7.11 Å². The van der Waals surface area contributed by atoms with Gasteiger partial charge in [-0.1, -0.05) is 32.9 Å². The Bertz CT molecular complexity index is 463. The van der Waals surface area contributed by atoms with Gasteiger partial charge < -0.3 is 14.8 Å². The summed E-state index contributed by atoms with van der Waals surface area (Å²) in [5.41, 5.74) is -0.537. The number of hydrogen-bond donors (Lipinski definition) is 1. The minimum Gasteiger partial charge on any atom is -0.493 e. The van der Waals surface area contributed by atoms with E-state index in [1.165, 1.54) is 7.11 Å². The Balaban J connectivity index is 2.54. The molecule has 0 aromatic heterocycles. The lowest BCUT2D eigenvalue weighted by molar-refractivity contribution is -0.137. The molecule has 0 aliphatic rings. The second-order valence-electron chi connectivity index (χ2n) is 5.06. The molecule has 0 aliphatic heterocycles. The van der Waals surface area contributed by atoms with Crippen molar-refractivity contribution < 1.29 is 19.1 Å². The van der Waals surface area contributed by atoms with Crippen molar-refractivity contribution in [2.75, 3.05) is 13.7 Å². The summed E-state index contributed by atoms with van der Waals surface area (Å²) in [6.07, 6.45) is 0. The summed E-state index contributed by atoms with van der Waals surface area (Å²) in [6, 6.07) is 6.83. The summed E-state index contributed by atoms with van der Waals surface area (Å²) >= 11 is 0. The fourth-order valence-electron chi connectivity index (χ4n) is 1.28. The number of hydrogen-bond acceptors (Lipinski definition) is 4. The van der Waals surface area contributed by atoms with E-state index in [2.05, 4.69) is 5.32 Å². The number of para-hydroxylation sites is 2. The minimum atomic E-state index is -0.540. The zero-order valence-corrected chi connectivity index (χ0v) is 11.6. The van der Waals surface area contributed by atoms with Crippen LogP contribution in [0.4, 0.5) is 0 Å². The molecular weight excluding hydrogens is 246 g/mol. The molecule has 0 unspecified atom stereocenters. The first-order chi connectivity index (χ1) is 8.84. The van der Waals surface area contributed by atoms with Gasteiger partial charge in [-0.2, -0.15) is 0 Å². The average molecular weight is 265 g/mol. The number of carbonyl (C=O) groups excluding carboxylic acids is 2. The van der Waals surface area contributed by atoms with Gasteiger partial charge >= 0.3 is 5.97 Å². The third kappa shape index (κ3) is 4.62. The van der Waals surface area contributed by atoms with Gasteiger partial charge in [-0.05, 0) is 12.1 Å². The van der Waals surface area contributed by atoms with Crippen molar-refractivity contribution in [2.45, 2.75) is 20.8 Å². The van der Waals surface area contributed by atoms with E-state index >= 15 is 0 Å². The van der Waals surface area contributed by atoms with E-state index in [4.69, 9.17) is 9.47 Å². The first-order valence-electron chi connectivity index (χ1n) is 5.96. The molecule has 5 heteroatoms. The van der Waals surface area contributed by atoms with Gasteiger partial charge in [-0.3, -0.25) is 4.79 Å². The molecule has 1 aromatic carbocycles. The summed E-state index contributed by atoms with van der Waals surface area (Å²) < 4.78 is 10.2. The topological polar surface area (TPSA) is 64.6 Å². The molecule has 104 valence electrons. The number of esters is 1. The smallest absolute Gasteiger partial charge is 0.330 e. The van der Waals surface area contributed by atoms with Crippen LogP contribution in [-0.4, -0.2) is 25.5 Å². The number of ether oxygens (including phenoxy) is 2. The van der Waals surface area contributed by atoms with Crippen molar-refractivity contribution in [3.8, 4) is 11.5 Å². The highest BCUT2D eigenvalue weighted by atomic mass is 16.6. The fourth-order valence-corrected chi connectivity index (χ4v) is 1.28. The molecule has 1 rings (SSSR count). The van der Waals surface area contributed by atoms with Crippen LogP contribution in [0.1, 0.15) is 20.8 Å². The molecule has 0 aliphatic carbocycles. The van der Waals surface area contributed by atoms with E-state index in [1.807, 2.05) is 0 Å². The van der Waals surface area contributed by atoms with Gasteiger partial charge in [0.15, 0.2) is 11.5 Å². The first kappa shape index (κ1) is 15.0. The quantitative estimate of drug-likeness (QED) is 0.665. The molecule has 0 bridgehead atoms. The Morgan fingerprint density at radius 3 is 2.26 bits per heavy atom. The van der Waals surface area contributed by atoms with E-state index in [9.17, 15) is 9.59 Å². The normalized spacial score (nSPS) is 10.7. The van der Waals surface area contributed by atoms with Crippen molar-refractivity contribution in [2.24, 2.45) is 5.41 Å². The van der Waals surface area contributed by atoms with E-state index in [-0.39, 0.29) is 12.5 Å². The predicted octanol–water partition coefficient (Wildman–Crippen LogP) is 1.76. The van der Waals surface area contributed by atoms with Crippen molar-refractivity contribution in [1.82, 2.24) is 5.32 Å². The maximum Gasteiger partial charge on any atom is 0.330 e. The molecule has 5 nitrogen and oxygen atoms in total. The van der Waals surface area contributed by atoms with Crippen LogP contribution in [0.2, 0.25) is 0 Å². The summed E-state index contributed by atoms with van der Waals surface area (Å²) in [5.74, 6) is 0.0598. The number of rotatable bonds is 4. The number of benzene rings is 1. The van der Waals surface area contributed by atoms with Gasteiger partial charge in [0.2, 0.25) is 5.91 Å². The zero-order valence-electron chi connectivity index (χ0n) is 11.6. The predicted molar refractivity (Wildman–Crippen MR) is 71.1 cm³/mol. The SMILES string of the molecule is COc1ccccc1OC(=O)CNC(=O)C(C)(C)C. The number of amides is 1.